The molecule has 3 nitrogen and oxygen atoms in total. The van der Waals surface area contributed by atoms with Crippen LogP contribution in [0.4, 0.5) is 0 Å². The predicted octanol–water partition coefficient (Wildman–Crippen LogP) is 2.85. The summed E-state index contributed by atoms with van der Waals surface area (Å²) in [6.45, 7) is 6.72. The van der Waals surface area contributed by atoms with E-state index in [1.54, 1.807) is 0 Å². The van der Waals surface area contributed by atoms with Crippen LogP contribution in [0.25, 0.3) is 0 Å². The van der Waals surface area contributed by atoms with Gasteiger partial charge in [0, 0.05) is 19.5 Å². The van der Waals surface area contributed by atoms with Crippen LogP contribution in [0.5, 0.6) is 5.75 Å². The molecule has 102 valence electrons. The summed E-state index contributed by atoms with van der Waals surface area (Å²) in [6, 6.07) is 8.82. The quantitative estimate of drug-likeness (QED) is 0.815. The number of nitrogens with zero attached hydrogens (tertiary/aromatic N) is 2. The van der Waals surface area contributed by atoms with Gasteiger partial charge >= 0.3 is 0 Å². The summed E-state index contributed by atoms with van der Waals surface area (Å²) in [7, 11) is 2.08. The molecule has 0 radical (unpaired) electrons. The molecule has 0 amide bonds. The van der Waals surface area contributed by atoms with Gasteiger partial charge in [-0.25, -0.2) is 0 Å². The molecule has 0 spiro atoms. The van der Waals surface area contributed by atoms with Crippen LogP contribution in [0, 0.1) is 23.2 Å². The fourth-order valence-electron chi connectivity index (χ4n) is 2.45. The molecule has 1 heterocycles. The molecule has 1 aromatic rings. The highest BCUT2D eigenvalue weighted by Crippen LogP contribution is 2.26. The van der Waals surface area contributed by atoms with Gasteiger partial charge in [-0.15, -0.1) is 0 Å². The van der Waals surface area contributed by atoms with Crippen molar-refractivity contribution in [2.45, 2.75) is 26.8 Å². The van der Waals surface area contributed by atoms with Gasteiger partial charge in [-0.1, -0.05) is 26.0 Å². The average molecular weight is 258 g/mol. The zero-order valence-electron chi connectivity index (χ0n) is 12.0. The molecule has 1 aliphatic heterocycles. The summed E-state index contributed by atoms with van der Waals surface area (Å²) in [6.07, 6.45) is 1.01. The fourth-order valence-corrected chi connectivity index (χ4v) is 2.45. The highest BCUT2D eigenvalue weighted by Gasteiger charge is 2.16. The molecule has 1 unspecified atom stereocenters. The van der Waals surface area contributed by atoms with Crippen LogP contribution in [0.1, 0.15) is 25.0 Å². The molecule has 1 aliphatic rings. The molecule has 0 N–H and O–H groups in total. The molecule has 3 heteroatoms. The standard InChI is InChI=1S/C16H22N2O/c1-12(2)15(9-17)11-18(3)10-13-4-5-16-14(8-13)6-7-19-16/h4-5,8,12,15H,6-7,10-11H2,1-3H3. The fraction of sp³-hybridized carbons (Fsp3) is 0.562. The zero-order valence-corrected chi connectivity index (χ0v) is 12.0. The van der Waals surface area contributed by atoms with Gasteiger partial charge in [0.15, 0.2) is 0 Å². The predicted molar refractivity (Wildman–Crippen MR) is 75.9 cm³/mol. The molecule has 0 aromatic heterocycles. The maximum Gasteiger partial charge on any atom is 0.122 e. The molecular weight excluding hydrogens is 236 g/mol. The Balaban J connectivity index is 1.95. The van der Waals surface area contributed by atoms with E-state index in [0.29, 0.717) is 5.92 Å². The van der Waals surface area contributed by atoms with Crippen LogP contribution in [-0.4, -0.2) is 25.1 Å². The third kappa shape index (κ3) is 3.48. The smallest absolute Gasteiger partial charge is 0.122 e. The van der Waals surface area contributed by atoms with Gasteiger partial charge in [0.1, 0.15) is 5.75 Å². The number of ether oxygens (including phenoxy) is 1. The number of hydrogen-bond acceptors (Lipinski definition) is 3. The summed E-state index contributed by atoms with van der Waals surface area (Å²) in [4.78, 5) is 2.23. The lowest BCUT2D eigenvalue weighted by molar-refractivity contribution is 0.265. The van der Waals surface area contributed by atoms with Crippen molar-refractivity contribution in [2.24, 2.45) is 11.8 Å². The van der Waals surface area contributed by atoms with Gasteiger partial charge in [0.05, 0.1) is 18.6 Å². The molecule has 0 fully saturated rings. The summed E-state index contributed by atoms with van der Waals surface area (Å²) in [5, 5.41) is 9.15. The maximum atomic E-state index is 9.15. The Kier molecular flexibility index (Phi) is 4.44. The SMILES string of the molecule is CC(C)C(C#N)CN(C)Cc1ccc2c(c1)CCO2. The second kappa shape index (κ2) is 6.08. The summed E-state index contributed by atoms with van der Waals surface area (Å²) >= 11 is 0. The first-order valence-corrected chi connectivity index (χ1v) is 6.93. The first-order valence-electron chi connectivity index (χ1n) is 6.93. The molecule has 19 heavy (non-hydrogen) atoms. The molecule has 1 atom stereocenters. The van der Waals surface area contributed by atoms with Gasteiger partial charge in [0.2, 0.25) is 0 Å². The van der Waals surface area contributed by atoms with Gasteiger partial charge < -0.3 is 9.64 Å². The van der Waals surface area contributed by atoms with Gasteiger partial charge in [-0.05, 0) is 30.2 Å². The third-order valence-corrected chi connectivity index (χ3v) is 3.69. The van der Waals surface area contributed by atoms with Crippen LogP contribution in [0.3, 0.4) is 0 Å². The lowest BCUT2D eigenvalue weighted by Crippen LogP contribution is -2.27. The Hall–Kier alpha value is -1.53. The maximum absolute atomic E-state index is 9.15. The van der Waals surface area contributed by atoms with Gasteiger partial charge in [-0.2, -0.15) is 5.26 Å². The molecule has 0 saturated carbocycles. The van der Waals surface area contributed by atoms with Crippen molar-refractivity contribution in [1.82, 2.24) is 4.90 Å². The number of benzene rings is 1. The van der Waals surface area contributed by atoms with Crippen molar-refractivity contribution in [3.05, 3.63) is 29.3 Å². The van der Waals surface area contributed by atoms with E-state index >= 15 is 0 Å². The van der Waals surface area contributed by atoms with Crippen molar-refractivity contribution < 1.29 is 4.74 Å². The number of hydrogen-bond donors (Lipinski definition) is 0. The molecule has 2 rings (SSSR count). The van der Waals surface area contributed by atoms with Gasteiger partial charge in [0.25, 0.3) is 0 Å². The number of fused-ring (bicyclic) bond motifs is 1. The van der Waals surface area contributed by atoms with Gasteiger partial charge in [-0.3, -0.25) is 0 Å². The Labute approximate surface area is 115 Å². The lowest BCUT2D eigenvalue weighted by atomic mass is 9.97. The first kappa shape index (κ1) is 13.9. The largest absolute Gasteiger partial charge is 0.493 e. The van der Waals surface area contributed by atoms with E-state index in [-0.39, 0.29) is 5.92 Å². The van der Waals surface area contributed by atoms with E-state index in [1.165, 1.54) is 11.1 Å². The second-order valence-corrected chi connectivity index (χ2v) is 5.72. The average Bonchev–Trinajstić information content (AvgIpc) is 2.82. The molecule has 0 aliphatic carbocycles. The Morgan fingerprint density at radius 1 is 1.42 bits per heavy atom. The molecule has 0 bridgehead atoms. The minimum absolute atomic E-state index is 0.0998. The summed E-state index contributed by atoms with van der Waals surface area (Å²) in [5.41, 5.74) is 2.61. The van der Waals surface area contributed by atoms with Crippen LogP contribution < -0.4 is 4.74 Å². The Morgan fingerprint density at radius 2 is 2.21 bits per heavy atom. The van der Waals surface area contributed by atoms with E-state index in [0.717, 1.165) is 31.9 Å². The summed E-state index contributed by atoms with van der Waals surface area (Å²) < 4.78 is 5.52. The van der Waals surface area contributed by atoms with Crippen molar-refractivity contribution in [2.75, 3.05) is 20.2 Å². The first-order chi connectivity index (χ1) is 9.10. The van der Waals surface area contributed by atoms with Crippen LogP contribution in [-0.2, 0) is 13.0 Å². The van der Waals surface area contributed by atoms with Crippen molar-refractivity contribution in [3.8, 4) is 11.8 Å². The summed E-state index contributed by atoms with van der Waals surface area (Å²) in [5.74, 6) is 1.53. The monoisotopic (exact) mass is 258 g/mol. The van der Waals surface area contributed by atoms with Crippen molar-refractivity contribution in [3.63, 3.8) is 0 Å². The number of rotatable bonds is 5. The van der Waals surface area contributed by atoms with E-state index in [1.807, 2.05) is 0 Å². The second-order valence-electron chi connectivity index (χ2n) is 5.72. The van der Waals surface area contributed by atoms with Crippen molar-refractivity contribution >= 4 is 0 Å². The molecule has 1 aromatic carbocycles. The highest BCUT2D eigenvalue weighted by atomic mass is 16.5. The Morgan fingerprint density at radius 3 is 2.89 bits per heavy atom. The highest BCUT2D eigenvalue weighted by molar-refractivity contribution is 5.39. The van der Waals surface area contributed by atoms with Crippen LogP contribution in [0.2, 0.25) is 0 Å². The van der Waals surface area contributed by atoms with E-state index in [4.69, 9.17) is 10.00 Å². The normalized spacial score (nSPS) is 15.2. The van der Waals surface area contributed by atoms with Crippen LogP contribution in [0.15, 0.2) is 18.2 Å². The third-order valence-electron chi connectivity index (χ3n) is 3.69. The Bertz CT molecular complexity index is 476. The zero-order chi connectivity index (χ0) is 13.8. The van der Waals surface area contributed by atoms with E-state index in [9.17, 15) is 0 Å². The van der Waals surface area contributed by atoms with E-state index < -0.39 is 0 Å². The lowest BCUT2D eigenvalue weighted by Gasteiger charge is -2.22. The van der Waals surface area contributed by atoms with Crippen molar-refractivity contribution in [1.29, 1.82) is 5.26 Å². The molecular formula is C16H22N2O. The van der Waals surface area contributed by atoms with Crippen LogP contribution >= 0.6 is 0 Å². The molecule has 0 saturated heterocycles. The minimum Gasteiger partial charge on any atom is -0.493 e. The topological polar surface area (TPSA) is 36.3 Å². The number of nitriles is 1. The minimum atomic E-state index is 0.0998. The van der Waals surface area contributed by atoms with E-state index in [2.05, 4.69) is 50.1 Å².